The maximum atomic E-state index is 12.5. The molecular weight excluding hydrogens is 322 g/mol. The van der Waals surface area contributed by atoms with Gasteiger partial charge in [-0.2, -0.15) is 0 Å². The van der Waals surface area contributed by atoms with Gasteiger partial charge < -0.3 is 20.4 Å². The molecule has 1 aromatic carbocycles. The minimum absolute atomic E-state index is 0.210. The van der Waals surface area contributed by atoms with Gasteiger partial charge in [0.05, 0.1) is 12.7 Å². The van der Waals surface area contributed by atoms with Crippen molar-refractivity contribution >= 4 is 23.5 Å². The van der Waals surface area contributed by atoms with Gasteiger partial charge in [0.15, 0.2) is 0 Å². The Morgan fingerprint density at radius 3 is 2.52 bits per heavy atom. The van der Waals surface area contributed by atoms with Gasteiger partial charge in [0, 0.05) is 23.5 Å². The van der Waals surface area contributed by atoms with E-state index in [2.05, 4.69) is 15.6 Å². The summed E-state index contributed by atoms with van der Waals surface area (Å²) in [5.74, 6) is -1.11. The number of ether oxygens (including phenoxy) is 1. The van der Waals surface area contributed by atoms with Crippen molar-refractivity contribution in [2.24, 2.45) is 0 Å². The van der Waals surface area contributed by atoms with Crippen molar-refractivity contribution in [2.45, 2.75) is 20.8 Å². The van der Waals surface area contributed by atoms with E-state index in [1.165, 1.54) is 7.11 Å². The van der Waals surface area contributed by atoms with Crippen LogP contribution in [0.2, 0.25) is 0 Å². The molecule has 0 unspecified atom stereocenters. The number of aromatic nitrogens is 1. The number of hydrogen-bond acceptors (Lipinski definition) is 4. The Labute approximate surface area is 145 Å². The average Bonchev–Trinajstić information content (AvgIpc) is 2.89. The predicted molar refractivity (Wildman–Crippen MR) is 94.0 cm³/mol. The molecule has 0 saturated heterocycles. The van der Waals surface area contributed by atoms with Crippen molar-refractivity contribution in [1.29, 1.82) is 0 Å². The van der Waals surface area contributed by atoms with Gasteiger partial charge in [-0.15, -0.1) is 0 Å². The first kappa shape index (κ1) is 18.3. The quantitative estimate of drug-likeness (QED) is 0.726. The van der Waals surface area contributed by atoms with Gasteiger partial charge >= 0.3 is 5.97 Å². The highest BCUT2D eigenvalue weighted by atomic mass is 16.5. The summed E-state index contributed by atoms with van der Waals surface area (Å²) in [4.78, 5) is 39.1. The molecule has 7 heteroatoms. The zero-order chi connectivity index (χ0) is 18.6. The van der Waals surface area contributed by atoms with Crippen LogP contribution in [0.15, 0.2) is 24.3 Å². The van der Waals surface area contributed by atoms with Crippen molar-refractivity contribution < 1.29 is 19.1 Å². The fourth-order valence-corrected chi connectivity index (χ4v) is 2.58. The number of H-pyrrole nitrogens is 1. The van der Waals surface area contributed by atoms with Crippen molar-refractivity contribution in [1.82, 2.24) is 10.3 Å². The predicted octanol–water partition coefficient (Wildman–Crippen LogP) is 2.42. The van der Waals surface area contributed by atoms with E-state index in [1.54, 1.807) is 38.1 Å². The molecule has 0 radical (unpaired) electrons. The molecule has 0 aliphatic carbocycles. The van der Waals surface area contributed by atoms with Gasteiger partial charge in [-0.05, 0) is 44.5 Å². The largest absolute Gasteiger partial charge is 0.465 e. The third kappa shape index (κ3) is 3.88. The Balaban J connectivity index is 2.25. The van der Waals surface area contributed by atoms with E-state index in [9.17, 15) is 14.4 Å². The molecule has 25 heavy (non-hydrogen) atoms. The van der Waals surface area contributed by atoms with Gasteiger partial charge in [-0.3, -0.25) is 9.59 Å². The van der Waals surface area contributed by atoms with Gasteiger partial charge in [0.25, 0.3) is 11.8 Å². The summed E-state index contributed by atoms with van der Waals surface area (Å²) < 4.78 is 4.74. The van der Waals surface area contributed by atoms with Crippen LogP contribution in [0.25, 0.3) is 0 Å². The molecule has 2 rings (SSSR count). The first-order chi connectivity index (χ1) is 11.9. The van der Waals surface area contributed by atoms with E-state index >= 15 is 0 Å². The van der Waals surface area contributed by atoms with E-state index in [0.29, 0.717) is 34.6 Å². The summed E-state index contributed by atoms with van der Waals surface area (Å²) in [5.41, 5.74) is 2.65. The van der Waals surface area contributed by atoms with Crippen LogP contribution in [0.3, 0.4) is 0 Å². The van der Waals surface area contributed by atoms with Crippen LogP contribution in [0, 0.1) is 13.8 Å². The summed E-state index contributed by atoms with van der Waals surface area (Å²) >= 11 is 0. The Morgan fingerprint density at radius 2 is 1.88 bits per heavy atom. The molecule has 0 aliphatic rings. The molecule has 1 aromatic heterocycles. The number of methoxy groups -OCH3 is 1. The van der Waals surface area contributed by atoms with Crippen LogP contribution in [0.1, 0.15) is 49.4 Å². The Hall–Kier alpha value is -3.09. The number of carbonyl (C=O) groups excluding carboxylic acids is 3. The van der Waals surface area contributed by atoms with E-state index < -0.39 is 11.9 Å². The number of aryl methyl sites for hydroxylation is 1. The van der Waals surface area contributed by atoms with Crippen molar-refractivity contribution in [3.05, 3.63) is 52.3 Å². The standard InChI is InChI=1S/C18H21N3O4/c1-5-19-16(22)12-7-6-8-13(9-12)21-17(23)15-10(2)14(11(3)20-15)18(24)25-4/h6-9,20H,5H2,1-4H3,(H,19,22)(H,21,23). The number of esters is 1. The lowest BCUT2D eigenvalue weighted by Gasteiger charge is -2.07. The normalized spacial score (nSPS) is 10.2. The van der Waals surface area contributed by atoms with Crippen LogP contribution in [-0.2, 0) is 4.74 Å². The van der Waals surface area contributed by atoms with E-state index in [4.69, 9.17) is 4.74 Å². The van der Waals surface area contributed by atoms with Gasteiger partial charge in [0.1, 0.15) is 5.69 Å². The molecule has 1 heterocycles. The second-order valence-electron chi connectivity index (χ2n) is 5.51. The molecule has 0 aliphatic heterocycles. The summed E-state index contributed by atoms with van der Waals surface area (Å²) in [7, 11) is 1.29. The first-order valence-corrected chi connectivity index (χ1v) is 7.86. The number of amides is 2. The number of rotatable bonds is 5. The molecule has 0 spiro atoms. The topological polar surface area (TPSA) is 100 Å². The monoisotopic (exact) mass is 343 g/mol. The maximum absolute atomic E-state index is 12.5. The highest BCUT2D eigenvalue weighted by Gasteiger charge is 2.22. The van der Waals surface area contributed by atoms with E-state index in [1.807, 2.05) is 6.92 Å². The van der Waals surface area contributed by atoms with Gasteiger partial charge in [-0.1, -0.05) is 6.07 Å². The highest BCUT2D eigenvalue weighted by molar-refractivity contribution is 6.07. The minimum Gasteiger partial charge on any atom is -0.465 e. The van der Waals surface area contributed by atoms with Crippen molar-refractivity contribution in [3.63, 3.8) is 0 Å². The average molecular weight is 343 g/mol. The molecule has 3 N–H and O–H groups in total. The SMILES string of the molecule is CCNC(=O)c1cccc(NC(=O)c2[nH]c(C)c(C(=O)OC)c2C)c1. The number of nitrogens with one attached hydrogen (secondary N) is 3. The first-order valence-electron chi connectivity index (χ1n) is 7.86. The number of hydrogen-bond donors (Lipinski definition) is 3. The lowest BCUT2D eigenvalue weighted by atomic mass is 10.1. The molecule has 0 bridgehead atoms. The Bertz CT molecular complexity index is 824. The summed E-state index contributed by atoms with van der Waals surface area (Å²) in [5, 5.41) is 5.44. The minimum atomic E-state index is -0.497. The van der Waals surface area contributed by atoms with E-state index in [0.717, 1.165) is 0 Å². The maximum Gasteiger partial charge on any atom is 0.339 e. The molecular formula is C18H21N3O4. The van der Waals surface area contributed by atoms with Crippen LogP contribution >= 0.6 is 0 Å². The lowest BCUT2D eigenvalue weighted by molar-refractivity contribution is 0.0599. The lowest BCUT2D eigenvalue weighted by Crippen LogP contribution is -2.23. The summed E-state index contributed by atoms with van der Waals surface area (Å²) in [6.45, 7) is 5.73. The van der Waals surface area contributed by atoms with Crippen LogP contribution in [-0.4, -0.2) is 36.4 Å². The Kier molecular flexibility index (Phi) is 5.59. The molecule has 2 amide bonds. The molecule has 7 nitrogen and oxygen atoms in total. The summed E-state index contributed by atoms with van der Waals surface area (Å²) in [6, 6.07) is 6.63. The number of anilines is 1. The molecule has 2 aromatic rings. The Morgan fingerprint density at radius 1 is 1.16 bits per heavy atom. The smallest absolute Gasteiger partial charge is 0.339 e. The number of carbonyl (C=O) groups is 3. The third-order valence-corrected chi connectivity index (χ3v) is 3.77. The molecule has 0 fully saturated rings. The van der Waals surface area contributed by atoms with Gasteiger partial charge in [0.2, 0.25) is 0 Å². The van der Waals surface area contributed by atoms with Crippen LogP contribution in [0.5, 0.6) is 0 Å². The van der Waals surface area contributed by atoms with E-state index in [-0.39, 0.29) is 11.6 Å². The number of aromatic amines is 1. The van der Waals surface area contributed by atoms with Crippen molar-refractivity contribution in [3.8, 4) is 0 Å². The molecule has 0 saturated carbocycles. The van der Waals surface area contributed by atoms with Crippen molar-refractivity contribution in [2.75, 3.05) is 19.0 Å². The second-order valence-corrected chi connectivity index (χ2v) is 5.51. The fourth-order valence-electron chi connectivity index (χ4n) is 2.58. The molecule has 0 atom stereocenters. The molecule has 132 valence electrons. The highest BCUT2D eigenvalue weighted by Crippen LogP contribution is 2.20. The van der Waals surface area contributed by atoms with Gasteiger partial charge in [-0.25, -0.2) is 4.79 Å². The van der Waals surface area contributed by atoms with Crippen LogP contribution < -0.4 is 10.6 Å². The summed E-state index contributed by atoms with van der Waals surface area (Å²) in [6.07, 6.45) is 0. The third-order valence-electron chi connectivity index (χ3n) is 3.77. The number of benzene rings is 1. The zero-order valence-corrected chi connectivity index (χ0v) is 14.6. The van der Waals surface area contributed by atoms with Crippen LogP contribution in [0.4, 0.5) is 5.69 Å². The zero-order valence-electron chi connectivity index (χ0n) is 14.6. The fraction of sp³-hybridized carbons (Fsp3) is 0.278. The second kappa shape index (κ2) is 7.65.